The van der Waals surface area contributed by atoms with Crippen LogP contribution in [0.5, 0.6) is 0 Å². The minimum Gasteiger partial charge on any atom is -0.369 e. The standard InChI is InChI=1S/C31H23N3/c32-31(33-28-19-7-13-22-10-1-4-16-25(22)28)34(29-20-8-14-23-11-2-5-17-26(23)29)30-21-9-15-24-12-3-6-18-27(24)30/h1-21H,(H2,32,33). The zero-order valence-corrected chi connectivity index (χ0v) is 18.6. The summed E-state index contributed by atoms with van der Waals surface area (Å²) in [7, 11) is 0. The van der Waals surface area contributed by atoms with E-state index >= 15 is 0 Å². The normalized spacial score (nSPS) is 11.8. The summed E-state index contributed by atoms with van der Waals surface area (Å²) in [6.45, 7) is 0. The van der Waals surface area contributed by atoms with Crippen LogP contribution in [0.4, 0.5) is 17.1 Å². The Morgan fingerprint density at radius 1 is 0.471 bits per heavy atom. The van der Waals surface area contributed by atoms with Gasteiger partial charge in [0.1, 0.15) is 0 Å². The van der Waals surface area contributed by atoms with Crippen LogP contribution in [-0.4, -0.2) is 5.96 Å². The van der Waals surface area contributed by atoms with Crippen molar-refractivity contribution in [1.29, 1.82) is 0 Å². The van der Waals surface area contributed by atoms with E-state index in [-0.39, 0.29) is 0 Å². The Hall–Kier alpha value is -4.63. The van der Waals surface area contributed by atoms with Crippen LogP contribution in [0.15, 0.2) is 132 Å². The van der Waals surface area contributed by atoms with Crippen molar-refractivity contribution in [2.75, 3.05) is 4.90 Å². The zero-order valence-electron chi connectivity index (χ0n) is 18.6. The number of anilines is 2. The summed E-state index contributed by atoms with van der Waals surface area (Å²) in [5.74, 6) is 0.420. The van der Waals surface area contributed by atoms with E-state index in [0.29, 0.717) is 5.96 Å². The number of aliphatic imine (C=N–C) groups is 1. The van der Waals surface area contributed by atoms with E-state index in [4.69, 9.17) is 10.7 Å². The SMILES string of the molecule is NC(=Nc1cccc2ccccc12)N(c1cccc2ccccc12)c1cccc2ccccc12. The van der Waals surface area contributed by atoms with Gasteiger partial charge in [-0.2, -0.15) is 0 Å². The van der Waals surface area contributed by atoms with Crippen molar-refractivity contribution in [2.24, 2.45) is 10.7 Å². The topological polar surface area (TPSA) is 41.6 Å². The molecule has 2 N–H and O–H groups in total. The average molecular weight is 438 g/mol. The highest BCUT2D eigenvalue weighted by atomic mass is 15.3. The van der Waals surface area contributed by atoms with Gasteiger partial charge in [-0.15, -0.1) is 0 Å². The third-order valence-electron chi connectivity index (χ3n) is 6.25. The van der Waals surface area contributed by atoms with Gasteiger partial charge >= 0.3 is 0 Å². The average Bonchev–Trinajstić information content (AvgIpc) is 2.89. The summed E-state index contributed by atoms with van der Waals surface area (Å²) in [6.07, 6.45) is 0. The molecular formula is C31H23N3. The van der Waals surface area contributed by atoms with Crippen molar-refractivity contribution < 1.29 is 0 Å². The van der Waals surface area contributed by atoms with Crippen LogP contribution in [0.3, 0.4) is 0 Å². The number of nitrogens with zero attached hydrogens (tertiary/aromatic N) is 2. The minimum absolute atomic E-state index is 0.420. The van der Waals surface area contributed by atoms with Gasteiger partial charge in [0.25, 0.3) is 0 Å². The van der Waals surface area contributed by atoms with E-state index in [2.05, 4.69) is 108 Å². The molecule has 3 heteroatoms. The Bertz CT molecular complexity index is 1590. The Morgan fingerprint density at radius 3 is 1.44 bits per heavy atom. The van der Waals surface area contributed by atoms with Gasteiger partial charge in [-0.05, 0) is 34.4 Å². The van der Waals surface area contributed by atoms with E-state index in [1.807, 2.05) is 24.3 Å². The first kappa shape index (κ1) is 20.0. The Kier molecular flexibility index (Phi) is 4.93. The lowest BCUT2D eigenvalue weighted by Gasteiger charge is -2.27. The van der Waals surface area contributed by atoms with Crippen LogP contribution >= 0.6 is 0 Å². The van der Waals surface area contributed by atoms with Gasteiger partial charge in [0.05, 0.1) is 17.1 Å². The van der Waals surface area contributed by atoms with Gasteiger partial charge in [-0.1, -0.05) is 109 Å². The van der Waals surface area contributed by atoms with Crippen molar-refractivity contribution >= 4 is 55.3 Å². The molecule has 0 amide bonds. The first-order chi connectivity index (χ1) is 16.8. The second kappa shape index (κ2) is 8.38. The fraction of sp³-hybridized carbons (Fsp3) is 0. The molecule has 0 saturated carbocycles. The summed E-state index contributed by atoms with van der Waals surface area (Å²) >= 11 is 0. The number of benzene rings is 6. The molecule has 3 nitrogen and oxygen atoms in total. The van der Waals surface area contributed by atoms with Gasteiger partial charge in [0, 0.05) is 16.2 Å². The van der Waals surface area contributed by atoms with Crippen molar-refractivity contribution in [3.05, 3.63) is 127 Å². The Morgan fingerprint density at radius 2 is 0.882 bits per heavy atom. The second-order valence-electron chi connectivity index (χ2n) is 8.30. The largest absolute Gasteiger partial charge is 0.369 e. The summed E-state index contributed by atoms with van der Waals surface area (Å²) < 4.78 is 0. The van der Waals surface area contributed by atoms with Gasteiger partial charge in [-0.25, -0.2) is 4.99 Å². The minimum atomic E-state index is 0.420. The molecule has 0 aliphatic rings. The van der Waals surface area contributed by atoms with Crippen molar-refractivity contribution in [1.82, 2.24) is 0 Å². The molecule has 0 unspecified atom stereocenters. The molecule has 0 aliphatic carbocycles. The first-order valence-electron chi connectivity index (χ1n) is 11.4. The maximum absolute atomic E-state index is 6.86. The summed E-state index contributed by atoms with van der Waals surface area (Å²) in [6, 6.07) is 43.7. The Labute approximate surface area is 198 Å². The van der Waals surface area contributed by atoms with Gasteiger partial charge in [0.15, 0.2) is 0 Å². The molecule has 0 radical (unpaired) electrons. The van der Waals surface area contributed by atoms with Crippen LogP contribution in [0.25, 0.3) is 32.3 Å². The van der Waals surface area contributed by atoms with Crippen LogP contribution in [0.2, 0.25) is 0 Å². The van der Waals surface area contributed by atoms with Crippen LogP contribution < -0.4 is 10.6 Å². The maximum Gasteiger partial charge on any atom is 0.205 e. The van der Waals surface area contributed by atoms with Gasteiger partial charge in [-0.3, -0.25) is 4.90 Å². The molecule has 0 aliphatic heterocycles. The molecule has 0 heterocycles. The fourth-order valence-corrected chi connectivity index (χ4v) is 4.66. The highest BCUT2D eigenvalue weighted by Gasteiger charge is 2.19. The Balaban J connectivity index is 1.63. The van der Waals surface area contributed by atoms with Crippen LogP contribution in [-0.2, 0) is 0 Å². The molecule has 6 aromatic rings. The molecule has 0 spiro atoms. The summed E-state index contributed by atoms with van der Waals surface area (Å²) in [5.41, 5.74) is 9.70. The smallest absolute Gasteiger partial charge is 0.205 e. The molecule has 162 valence electrons. The third-order valence-corrected chi connectivity index (χ3v) is 6.25. The molecule has 0 aromatic heterocycles. The number of hydrogen-bond acceptors (Lipinski definition) is 1. The molecular weight excluding hydrogens is 414 g/mol. The third kappa shape index (κ3) is 3.44. The molecule has 0 atom stereocenters. The predicted molar refractivity (Wildman–Crippen MR) is 145 cm³/mol. The van der Waals surface area contributed by atoms with E-state index in [1.165, 1.54) is 0 Å². The van der Waals surface area contributed by atoms with Crippen molar-refractivity contribution in [3.8, 4) is 0 Å². The number of fused-ring (bicyclic) bond motifs is 3. The molecule has 34 heavy (non-hydrogen) atoms. The van der Waals surface area contributed by atoms with Gasteiger partial charge in [0.2, 0.25) is 5.96 Å². The monoisotopic (exact) mass is 437 g/mol. The molecule has 6 aromatic carbocycles. The van der Waals surface area contributed by atoms with E-state index < -0.39 is 0 Å². The molecule has 0 saturated heterocycles. The lowest BCUT2D eigenvalue weighted by atomic mass is 10.0. The highest BCUT2D eigenvalue weighted by molar-refractivity contribution is 6.14. The van der Waals surface area contributed by atoms with Crippen LogP contribution in [0, 0.1) is 0 Å². The summed E-state index contributed by atoms with van der Waals surface area (Å²) in [4.78, 5) is 7.05. The number of nitrogens with two attached hydrogens (primary N) is 1. The zero-order chi connectivity index (χ0) is 22.9. The quantitative estimate of drug-likeness (QED) is 0.226. The number of hydrogen-bond donors (Lipinski definition) is 1. The van der Waals surface area contributed by atoms with Crippen molar-refractivity contribution in [2.45, 2.75) is 0 Å². The lowest BCUT2D eigenvalue weighted by Crippen LogP contribution is -2.33. The van der Waals surface area contributed by atoms with Crippen molar-refractivity contribution in [3.63, 3.8) is 0 Å². The first-order valence-corrected chi connectivity index (χ1v) is 11.4. The van der Waals surface area contributed by atoms with E-state index in [1.54, 1.807) is 0 Å². The fourth-order valence-electron chi connectivity index (χ4n) is 4.66. The second-order valence-corrected chi connectivity index (χ2v) is 8.30. The molecule has 0 bridgehead atoms. The summed E-state index contributed by atoms with van der Waals surface area (Å²) in [5, 5.41) is 6.76. The van der Waals surface area contributed by atoms with Crippen LogP contribution in [0.1, 0.15) is 0 Å². The number of guanidine groups is 1. The predicted octanol–water partition coefficient (Wildman–Crippen LogP) is 7.93. The number of rotatable bonds is 3. The molecule has 0 fully saturated rings. The van der Waals surface area contributed by atoms with E-state index in [0.717, 1.165) is 49.4 Å². The highest BCUT2D eigenvalue weighted by Crippen LogP contribution is 2.37. The lowest BCUT2D eigenvalue weighted by molar-refractivity contribution is 1.31. The van der Waals surface area contributed by atoms with E-state index in [9.17, 15) is 0 Å². The molecule has 6 rings (SSSR count). The van der Waals surface area contributed by atoms with Gasteiger partial charge < -0.3 is 5.73 Å². The maximum atomic E-state index is 6.86.